The lowest BCUT2D eigenvalue weighted by atomic mass is 10.1. The van der Waals surface area contributed by atoms with Gasteiger partial charge in [0, 0.05) is 42.2 Å². The summed E-state index contributed by atoms with van der Waals surface area (Å²) in [5.74, 6) is -0.349. The summed E-state index contributed by atoms with van der Waals surface area (Å²) in [4.78, 5) is 14.2. The quantitative estimate of drug-likeness (QED) is 0.601. The monoisotopic (exact) mass is 366 g/mol. The summed E-state index contributed by atoms with van der Waals surface area (Å²) in [5.41, 5.74) is 3.25. The van der Waals surface area contributed by atoms with Gasteiger partial charge in [0.05, 0.1) is 49.6 Å². The lowest BCUT2D eigenvalue weighted by Crippen LogP contribution is -2.38. The maximum atomic E-state index is 13.6. The van der Waals surface area contributed by atoms with Crippen LogP contribution in [-0.4, -0.2) is 62.5 Å². The number of pyridine rings is 2. The standard InChI is InChI=1S/C19H19FN6O/c20-14-7-16-15-8-17(21-11-18(15)24-19(16)22-10-14)13-9-23-26(12-13)2-1-25-3-5-27-6-4-25/h7-12H,1-6H2,(H,22,24). The van der Waals surface area contributed by atoms with Gasteiger partial charge < -0.3 is 9.72 Å². The van der Waals surface area contributed by atoms with Crippen molar-refractivity contribution in [3.63, 3.8) is 0 Å². The molecule has 8 heteroatoms. The number of ether oxygens (including phenoxy) is 1. The number of halogens is 1. The number of fused-ring (bicyclic) bond motifs is 3. The number of morpholine rings is 1. The summed E-state index contributed by atoms with van der Waals surface area (Å²) in [7, 11) is 0. The van der Waals surface area contributed by atoms with E-state index in [4.69, 9.17) is 4.74 Å². The fourth-order valence-electron chi connectivity index (χ4n) is 3.49. The fraction of sp³-hybridized carbons (Fsp3) is 0.316. The maximum absolute atomic E-state index is 13.6. The van der Waals surface area contributed by atoms with Crippen molar-refractivity contribution in [3.05, 3.63) is 42.7 Å². The Morgan fingerprint density at radius 2 is 1.93 bits per heavy atom. The van der Waals surface area contributed by atoms with Crippen LogP contribution in [0.5, 0.6) is 0 Å². The number of nitrogens with one attached hydrogen (secondary N) is 1. The van der Waals surface area contributed by atoms with Crippen molar-refractivity contribution >= 4 is 21.9 Å². The number of hydrogen-bond acceptors (Lipinski definition) is 5. The minimum absolute atomic E-state index is 0.349. The molecule has 27 heavy (non-hydrogen) atoms. The van der Waals surface area contributed by atoms with Crippen molar-refractivity contribution in [2.45, 2.75) is 6.54 Å². The van der Waals surface area contributed by atoms with E-state index in [0.717, 1.165) is 66.9 Å². The molecule has 0 spiro atoms. The Labute approximate surface area is 154 Å². The molecule has 0 aromatic carbocycles. The Balaban J connectivity index is 1.41. The van der Waals surface area contributed by atoms with E-state index in [1.165, 1.54) is 12.3 Å². The summed E-state index contributed by atoms with van der Waals surface area (Å²) in [5, 5.41) is 6.12. The number of nitrogens with zero attached hydrogens (tertiary/aromatic N) is 5. The number of H-pyrrole nitrogens is 1. The van der Waals surface area contributed by atoms with Crippen molar-refractivity contribution in [1.29, 1.82) is 0 Å². The van der Waals surface area contributed by atoms with E-state index in [1.807, 2.05) is 23.1 Å². The summed E-state index contributed by atoms with van der Waals surface area (Å²) < 4.78 is 20.9. The van der Waals surface area contributed by atoms with E-state index in [0.29, 0.717) is 5.65 Å². The van der Waals surface area contributed by atoms with Crippen LogP contribution in [0.4, 0.5) is 4.39 Å². The normalized spacial score (nSPS) is 15.7. The van der Waals surface area contributed by atoms with E-state index in [-0.39, 0.29) is 5.82 Å². The van der Waals surface area contributed by atoms with Crippen LogP contribution in [0.2, 0.25) is 0 Å². The Kier molecular flexibility index (Phi) is 4.06. The highest BCUT2D eigenvalue weighted by molar-refractivity contribution is 6.06. The topological polar surface area (TPSA) is 71.9 Å². The van der Waals surface area contributed by atoms with Crippen LogP contribution in [-0.2, 0) is 11.3 Å². The highest BCUT2D eigenvalue weighted by Gasteiger charge is 2.12. The number of aromatic nitrogens is 5. The summed E-state index contributed by atoms with van der Waals surface area (Å²) in [6.07, 6.45) is 6.79. The van der Waals surface area contributed by atoms with Crippen LogP contribution in [0.15, 0.2) is 36.9 Å². The van der Waals surface area contributed by atoms with Crippen molar-refractivity contribution in [1.82, 2.24) is 29.6 Å². The van der Waals surface area contributed by atoms with Crippen molar-refractivity contribution in [2.24, 2.45) is 0 Å². The minimum Gasteiger partial charge on any atom is -0.379 e. The molecule has 7 nitrogen and oxygen atoms in total. The molecule has 0 atom stereocenters. The molecular formula is C19H19FN6O. The average Bonchev–Trinajstić information content (AvgIpc) is 3.31. The lowest BCUT2D eigenvalue weighted by molar-refractivity contribution is 0.0360. The molecule has 5 rings (SSSR count). The summed E-state index contributed by atoms with van der Waals surface area (Å²) in [6.45, 7) is 5.31. The Morgan fingerprint density at radius 3 is 2.81 bits per heavy atom. The molecule has 1 aliphatic rings. The summed E-state index contributed by atoms with van der Waals surface area (Å²) >= 11 is 0. The molecule has 0 radical (unpaired) electrons. The van der Waals surface area contributed by atoms with Gasteiger partial charge in [0.25, 0.3) is 0 Å². The first-order chi connectivity index (χ1) is 13.3. The smallest absolute Gasteiger partial charge is 0.142 e. The molecule has 1 aliphatic heterocycles. The van der Waals surface area contributed by atoms with Gasteiger partial charge in [-0.3, -0.25) is 14.6 Å². The molecule has 4 aromatic rings. The van der Waals surface area contributed by atoms with Crippen LogP contribution >= 0.6 is 0 Å². The molecule has 0 aliphatic carbocycles. The van der Waals surface area contributed by atoms with Crippen LogP contribution in [0.25, 0.3) is 33.2 Å². The molecule has 5 heterocycles. The molecule has 0 unspecified atom stereocenters. The van der Waals surface area contributed by atoms with Gasteiger partial charge in [0.1, 0.15) is 11.5 Å². The van der Waals surface area contributed by atoms with Gasteiger partial charge in [-0.1, -0.05) is 0 Å². The van der Waals surface area contributed by atoms with Crippen molar-refractivity contribution < 1.29 is 9.13 Å². The van der Waals surface area contributed by atoms with Gasteiger partial charge in [-0.05, 0) is 12.1 Å². The highest BCUT2D eigenvalue weighted by Crippen LogP contribution is 2.27. The first-order valence-electron chi connectivity index (χ1n) is 9.02. The molecule has 0 saturated carbocycles. The highest BCUT2D eigenvalue weighted by atomic mass is 19.1. The first kappa shape index (κ1) is 16.3. The third-order valence-corrected chi connectivity index (χ3v) is 4.98. The van der Waals surface area contributed by atoms with E-state index in [1.54, 1.807) is 6.20 Å². The van der Waals surface area contributed by atoms with Crippen LogP contribution in [0, 0.1) is 5.82 Å². The molecular weight excluding hydrogens is 347 g/mol. The molecule has 1 fully saturated rings. The van der Waals surface area contributed by atoms with Crippen LogP contribution < -0.4 is 0 Å². The van der Waals surface area contributed by atoms with Gasteiger partial charge in [-0.25, -0.2) is 9.37 Å². The minimum atomic E-state index is -0.349. The predicted molar refractivity (Wildman–Crippen MR) is 99.8 cm³/mol. The van der Waals surface area contributed by atoms with Crippen LogP contribution in [0.3, 0.4) is 0 Å². The molecule has 1 saturated heterocycles. The molecule has 138 valence electrons. The molecule has 0 amide bonds. The predicted octanol–water partition coefficient (Wildman–Crippen LogP) is 2.45. The van der Waals surface area contributed by atoms with Gasteiger partial charge in [0.15, 0.2) is 0 Å². The zero-order valence-electron chi connectivity index (χ0n) is 14.7. The molecule has 4 aromatic heterocycles. The maximum Gasteiger partial charge on any atom is 0.142 e. The second kappa shape index (κ2) is 6.71. The van der Waals surface area contributed by atoms with Crippen molar-refractivity contribution in [3.8, 4) is 11.3 Å². The van der Waals surface area contributed by atoms with Gasteiger partial charge >= 0.3 is 0 Å². The van der Waals surface area contributed by atoms with E-state index in [2.05, 4.69) is 25.0 Å². The lowest BCUT2D eigenvalue weighted by Gasteiger charge is -2.26. The third kappa shape index (κ3) is 3.17. The zero-order valence-corrected chi connectivity index (χ0v) is 14.7. The molecule has 1 N–H and O–H groups in total. The van der Waals surface area contributed by atoms with Gasteiger partial charge in [-0.2, -0.15) is 5.10 Å². The van der Waals surface area contributed by atoms with E-state index in [9.17, 15) is 4.39 Å². The third-order valence-electron chi connectivity index (χ3n) is 4.98. The fourth-order valence-corrected chi connectivity index (χ4v) is 3.49. The van der Waals surface area contributed by atoms with Gasteiger partial charge in [0.2, 0.25) is 0 Å². The number of aromatic amines is 1. The Morgan fingerprint density at radius 1 is 1.04 bits per heavy atom. The molecule has 0 bridgehead atoms. The zero-order chi connectivity index (χ0) is 18.2. The Hall–Kier alpha value is -2.84. The van der Waals surface area contributed by atoms with E-state index >= 15 is 0 Å². The van der Waals surface area contributed by atoms with Gasteiger partial charge in [-0.15, -0.1) is 0 Å². The second-order valence-corrected chi connectivity index (χ2v) is 6.74. The van der Waals surface area contributed by atoms with Crippen LogP contribution in [0.1, 0.15) is 0 Å². The Bertz CT molecular complexity index is 1100. The average molecular weight is 366 g/mol. The first-order valence-corrected chi connectivity index (χ1v) is 9.02. The SMILES string of the molecule is Fc1cnc2[nH]c3cnc(-c4cnn(CCN5CCOCC5)c4)cc3c2c1. The van der Waals surface area contributed by atoms with E-state index < -0.39 is 0 Å². The van der Waals surface area contributed by atoms with Crippen molar-refractivity contribution in [2.75, 3.05) is 32.8 Å². The number of rotatable bonds is 4. The largest absolute Gasteiger partial charge is 0.379 e. The second-order valence-electron chi connectivity index (χ2n) is 6.74. The number of hydrogen-bond donors (Lipinski definition) is 1. The summed E-state index contributed by atoms with van der Waals surface area (Å²) in [6, 6.07) is 3.45.